The third-order valence-corrected chi connectivity index (χ3v) is 2.74. The average Bonchev–Trinajstić information content (AvgIpc) is 2.30. The zero-order chi connectivity index (χ0) is 13.7. The lowest BCUT2D eigenvalue weighted by Gasteiger charge is -2.13. The molecule has 3 nitrogen and oxygen atoms in total. The summed E-state index contributed by atoms with van der Waals surface area (Å²) in [5.74, 6) is -0.523. The van der Waals surface area contributed by atoms with Crippen molar-refractivity contribution < 1.29 is 14.3 Å². The lowest BCUT2D eigenvalue weighted by atomic mass is 10.3. The summed E-state index contributed by atoms with van der Waals surface area (Å²) in [5, 5.41) is 0.689. The summed E-state index contributed by atoms with van der Waals surface area (Å²) in [7, 11) is 0. The molecule has 1 unspecified atom stereocenters. The molecule has 1 rings (SSSR count). The van der Waals surface area contributed by atoms with E-state index in [4.69, 9.17) is 44.3 Å². The smallest absolute Gasteiger partial charge is 0.340 e. The molecule has 0 radical (unpaired) electrons. The van der Waals surface area contributed by atoms with Crippen LogP contribution in [0.4, 0.5) is 0 Å². The predicted octanol–water partition coefficient (Wildman–Crippen LogP) is 4.14. The van der Waals surface area contributed by atoms with Crippen LogP contribution in [-0.2, 0) is 9.53 Å². The Morgan fingerprint density at radius 3 is 2.44 bits per heavy atom. The summed E-state index contributed by atoms with van der Waals surface area (Å²) in [6.07, 6.45) is 0.789. The third-order valence-electron chi connectivity index (χ3n) is 1.96. The van der Waals surface area contributed by atoms with Crippen LogP contribution >= 0.6 is 34.8 Å². The molecule has 0 fully saturated rings. The molecular formula is C12H11Cl3O3. The Labute approximate surface area is 120 Å². The van der Waals surface area contributed by atoms with Crippen LogP contribution in [0.5, 0.6) is 5.75 Å². The second-order valence-corrected chi connectivity index (χ2v) is 4.63. The van der Waals surface area contributed by atoms with Gasteiger partial charge in [-0.3, -0.25) is 0 Å². The topological polar surface area (TPSA) is 35.5 Å². The van der Waals surface area contributed by atoms with Gasteiger partial charge >= 0.3 is 5.97 Å². The fourth-order valence-electron chi connectivity index (χ4n) is 1.09. The van der Waals surface area contributed by atoms with Crippen LogP contribution in [-0.4, -0.2) is 18.7 Å². The van der Waals surface area contributed by atoms with Gasteiger partial charge in [-0.2, -0.15) is 0 Å². The summed E-state index contributed by atoms with van der Waals surface area (Å²) in [6.45, 7) is 5.29. The molecule has 0 spiro atoms. The van der Waals surface area contributed by atoms with E-state index in [0.717, 1.165) is 0 Å². The summed E-state index contributed by atoms with van der Waals surface area (Å²) in [5.41, 5.74) is 0. The van der Waals surface area contributed by atoms with E-state index < -0.39 is 12.1 Å². The van der Waals surface area contributed by atoms with E-state index in [0.29, 0.717) is 5.02 Å². The van der Waals surface area contributed by atoms with Crippen molar-refractivity contribution in [3.63, 3.8) is 0 Å². The van der Waals surface area contributed by atoms with E-state index in [1.807, 2.05) is 0 Å². The van der Waals surface area contributed by atoms with E-state index in [1.165, 1.54) is 18.2 Å². The minimum Gasteiger partial charge on any atom is -0.421 e. The van der Waals surface area contributed by atoms with Gasteiger partial charge in [0.15, 0.2) is 11.9 Å². The van der Waals surface area contributed by atoms with Crippen LogP contribution in [0.1, 0.15) is 6.92 Å². The van der Waals surface area contributed by atoms with Crippen LogP contribution in [0.15, 0.2) is 24.8 Å². The third kappa shape index (κ3) is 4.18. The maximum Gasteiger partial charge on any atom is 0.340 e. The molecule has 0 heterocycles. The molecule has 0 saturated carbocycles. The van der Waals surface area contributed by atoms with Crippen molar-refractivity contribution in [1.82, 2.24) is 0 Å². The SMILES string of the molecule is C=CCOC(C)C(=O)Oc1c(Cl)cc(Cl)cc1Cl. The van der Waals surface area contributed by atoms with Crippen LogP contribution in [0.25, 0.3) is 0 Å². The van der Waals surface area contributed by atoms with Gasteiger partial charge in [0.1, 0.15) is 0 Å². The van der Waals surface area contributed by atoms with Crippen LogP contribution in [0.3, 0.4) is 0 Å². The molecule has 0 bridgehead atoms. The van der Waals surface area contributed by atoms with Gasteiger partial charge in [-0.25, -0.2) is 4.79 Å². The van der Waals surface area contributed by atoms with Crippen molar-refractivity contribution in [2.45, 2.75) is 13.0 Å². The lowest BCUT2D eigenvalue weighted by molar-refractivity contribution is -0.145. The van der Waals surface area contributed by atoms with Crippen molar-refractivity contribution in [3.05, 3.63) is 39.9 Å². The summed E-state index contributed by atoms with van der Waals surface area (Å²) in [6, 6.07) is 2.87. The number of halogens is 3. The lowest BCUT2D eigenvalue weighted by Crippen LogP contribution is -2.26. The molecule has 0 amide bonds. The van der Waals surface area contributed by atoms with Gasteiger partial charge < -0.3 is 9.47 Å². The quantitative estimate of drug-likeness (QED) is 0.466. The highest BCUT2D eigenvalue weighted by molar-refractivity contribution is 6.40. The van der Waals surface area contributed by atoms with Crippen LogP contribution < -0.4 is 4.74 Å². The van der Waals surface area contributed by atoms with Gasteiger partial charge in [0.25, 0.3) is 0 Å². The number of esters is 1. The molecule has 0 aromatic heterocycles. The molecule has 18 heavy (non-hydrogen) atoms. The van der Waals surface area contributed by atoms with Crippen molar-refractivity contribution >= 4 is 40.8 Å². The highest BCUT2D eigenvalue weighted by Crippen LogP contribution is 2.36. The number of benzene rings is 1. The summed E-state index contributed by atoms with van der Waals surface area (Å²) < 4.78 is 10.2. The van der Waals surface area contributed by atoms with Gasteiger partial charge in [-0.15, -0.1) is 6.58 Å². The predicted molar refractivity (Wildman–Crippen MR) is 72.7 cm³/mol. The Bertz CT molecular complexity index is 437. The summed E-state index contributed by atoms with van der Waals surface area (Å²) in [4.78, 5) is 11.7. The Morgan fingerprint density at radius 1 is 1.39 bits per heavy atom. The van der Waals surface area contributed by atoms with E-state index >= 15 is 0 Å². The first-order chi connectivity index (χ1) is 8.45. The van der Waals surface area contributed by atoms with Crippen molar-refractivity contribution in [3.8, 4) is 5.75 Å². The van der Waals surface area contributed by atoms with E-state index in [9.17, 15) is 4.79 Å². The number of carbonyl (C=O) groups excluding carboxylic acids is 1. The first-order valence-corrected chi connectivity index (χ1v) is 6.17. The molecule has 1 aromatic rings. The maximum atomic E-state index is 11.7. The number of carbonyl (C=O) groups is 1. The first kappa shape index (κ1) is 15.3. The molecule has 0 aliphatic rings. The zero-order valence-electron chi connectivity index (χ0n) is 9.58. The molecule has 0 N–H and O–H groups in total. The van der Waals surface area contributed by atoms with Crippen molar-refractivity contribution in [2.24, 2.45) is 0 Å². The van der Waals surface area contributed by atoms with Gasteiger partial charge in [0.2, 0.25) is 0 Å². The van der Waals surface area contributed by atoms with Gasteiger partial charge in [0, 0.05) is 5.02 Å². The highest BCUT2D eigenvalue weighted by Gasteiger charge is 2.19. The Hall–Kier alpha value is -0.740. The molecule has 1 aromatic carbocycles. The van der Waals surface area contributed by atoms with Crippen molar-refractivity contribution in [1.29, 1.82) is 0 Å². The normalized spacial score (nSPS) is 12.0. The second-order valence-electron chi connectivity index (χ2n) is 3.38. The summed E-state index contributed by atoms with van der Waals surface area (Å²) >= 11 is 17.5. The molecule has 0 aliphatic heterocycles. The molecule has 6 heteroatoms. The standard InChI is InChI=1S/C12H11Cl3O3/c1-3-4-17-7(2)12(16)18-11-9(14)5-8(13)6-10(11)15/h3,5-7H,1,4H2,2H3. The Balaban J connectivity index is 2.78. The number of rotatable bonds is 5. The first-order valence-electron chi connectivity index (χ1n) is 5.04. The average molecular weight is 310 g/mol. The van der Waals surface area contributed by atoms with E-state index in [1.54, 1.807) is 6.92 Å². The number of ether oxygens (including phenoxy) is 2. The maximum absolute atomic E-state index is 11.7. The van der Waals surface area contributed by atoms with E-state index in [2.05, 4.69) is 6.58 Å². The van der Waals surface area contributed by atoms with Gasteiger partial charge in [0.05, 0.1) is 16.7 Å². The number of hydrogen-bond donors (Lipinski definition) is 0. The molecular weight excluding hydrogens is 298 g/mol. The minimum absolute atomic E-state index is 0.0711. The van der Waals surface area contributed by atoms with Gasteiger partial charge in [-0.05, 0) is 19.1 Å². The molecule has 98 valence electrons. The fourth-order valence-corrected chi connectivity index (χ4v) is 1.98. The Kier molecular flexibility index (Phi) is 5.96. The molecule has 0 saturated heterocycles. The van der Waals surface area contributed by atoms with E-state index in [-0.39, 0.29) is 22.4 Å². The minimum atomic E-state index is -0.745. The van der Waals surface area contributed by atoms with Crippen LogP contribution in [0, 0.1) is 0 Å². The monoisotopic (exact) mass is 308 g/mol. The van der Waals surface area contributed by atoms with Gasteiger partial charge in [-0.1, -0.05) is 40.9 Å². The zero-order valence-corrected chi connectivity index (χ0v) is 11.9. The van der Waals surface area contributed by atoms with Crippen molar-refractivity contribution in [2.75, 3.05) is 6.61 Å². The highest BCUT2D eigenvalue weighted by atomic mass is 35.5. The second kappa shape index (κ2) is 7.00. The largest absolute Gasteiger partial charge is 0.421 e. The number of hydrogen-bond acceptors (Lipinski definition) is 3. The Morgan fingerprint density at radius 2 is 1.94 bits per heavy atom. The molecule has 1 atom stereocenters. The molecule has 0 aliphatic carbocycles. The fraction of sp³-hybridized carbons (Fsp3) is 0.250. The van der Waals surface area contributed by atoms with Crippen LogP contribution in [0.2, 0.25) is 15.1 Å².